The number of guanidine groups is 1. The molecule has 1 aliphatic carbocycles. The quantitative estimate of drug-likeness (QED) is 0.640. The van der Waals surface area contributed by atoms with Crippen LogP contribution in [0.5, 0.6) is 0 Å². The van der Waals surface area contributed by atoms with Crippen molar-refractivity contribution in [3.8, 4) is 0 Å². The average Bonchev–Trinajstić information content (AvgIpc) is 3.27. The molecule has 1 aliphatic heterocycles. The lowest BCUT2D eigenvalue weighted by Gasteiger charge is -2.36. The number of hydrogen-bond donors (Lipinski definition) is 1. The third kappa shape index (κ3) is 4.21. The van der Waals surface area contributed by atoms with Gasteiger partial charge in [0.2, 0.25) is 0 Å². The van der Waals surface area contributed by atoms with Crippen molar-refractivity contribution in [3.05, 3.63) is 60.1 Å². The number of carbonyl (C=O) groups is 1. The zero-order valence-corrected chi connectivity index (χ0v) is 16.4. The van der Waals surface area contributed by atoms with Crippen molar-refractivity contribution >= 4 is 11.9 Å². The molecule has 2 aromatic rings. The Morgan fingerprint density at radius 1 is 1.07 bits per heavy atom. The molecule has 148 valence electrons. The van der Waals surface area contributed by atoms with Gasteiger partial charge in [0, 0.05) is 39.8 Å². The monoisotopic (exact) mass is 380 g/mol. The maximum Gasteiger partial charge on any atom is 0.289 e. The van der Waals surface area contributed by atoms with Gasteiger partial charge in [0.25, 0.3) is 5.91 Å². The summed E-state index contributed by atoms with van der Waals surface area (Å²) < 4.78 is 5.23. The van der Waals surface area contributed by atoms with E-state index in [0.29, 0.717) is 24.3 Å². The van der Waals surface area contributed by atoms with Crippen molar-refractivity contribution in [2.75, 3.05) is 39.8 Å². The van der Waals surface area contributed by atoms with E-state index in [1.165, 1.54) is 18.4 Å². The standard InChI is InChI=1S/C22H28N4O2/c1-23-21(24-17-22(9-10-22)16-18-6-3-2-4-7-18)26-13-11-25(12-14-26)20(27)19-8-5-15-28-19/h2-8,15H,9-14,16-17H2,1H3,(H,23,24). The second kappa shape index (κ2) is 8.09. The van der Waals surface area contributed by atoms with Gasteiger partial charge in [-0.05, 0) is 42.4 Å². The van der Waals surface area contributed by atoms with Gasteiger partial charge < -0.3 is 19.5 Å². The van der Waals surface area contributed by atoms with Crippen molar-refractivity contribution < 1.29 is 9.21 Å². The van der Waals surface area contributed by atoms with Crippen LogP contribution in [0.25, 0.3) is 0 Å². The fourth-order valence-corrected chi connectivity index (χ4v) is 3.90. The molecule has 0 radical (unpaired) electrons. The van der Waals surface area contributed by atoms with E-state index in [1.807, 2.05) is 11.9 Å². The Hall–Kier alpha value is -2.76. The molecule has 1 saturated heterocycles. The van der Waals surface area contributed by atoms with Crippen LogP contribution in [0.15, 0.2) is 58.1 Å². The van der Waals surface area contributed by atoms with Gasteiger partial charge in [-0.2, -0.15) is 0 Å². The largest absolute Gasteiger partial charge is 0.459 e. The number of carbonyl (C=O) groups excluding carboxylic acids is 1. The van der Waals surface area contributed by atoms with Crippen molar-refractivity contribution in [2.24, 2.45) is 10.4 Å². The molecule has 1 saturated carbocycles. The number of rotatable bonds is 5. The molecule has 0 spiro atoms. The molecule has 0 atom stereocenters. The van der Waals surface area contributed by atoms with Gasteiger partial charge in [-0.15, -0.1) is 0 Å². The molecular weight excluding hydrogens is 352 g/mol. The molecule has 0 bridgehead atoms. The molecular formula is C22H28N4O2. The summed E-state index contributed by atoms with van der Waals surface area (Å²) in [6.07, 6.45) is 5.18. The van der Waals surface area contributed by atoms with E-state index >= 15 is 0 Å². The third-order valence-corrected chi connectivity index (χ3v) is 5.81. The molecule has 6 nitrogen and oxygen atoms in total. The Labute approximate surface area is 166 Å². The summed E-state index contributed by atoms with van der Waals surface area (Å²) in [5, 5.41) is 3.59. The second-order valence-corrected chi connectivity index (χ2v) is 7.82. The van der Waals surface area contributed by atoms with E-state index in [4.69, 9.17) is 4.42 Å². The highest BCUT2D eigenvalue weighted by molar-refractivity contribution is 5.91. The number of nitrogens with one attached hydrogen (secondary N) is 1. The SMILES string of the molecule is CN=C(NCC1(Cc2ccccc2)CC1)N1CCN(C(=O)c2ccco2)CC1. The minimum absolute atomic E-state index is 0.0348. The Bertz CT molecular complexity index is 804. The van der Waals surface area contributed by atoms with E-state index in [2.05, 4.69) is 45.5 Å². The Balaban J connectivity index is 1.28. The van der Waals surface area contributed by atoms with Gasteiger partial charge in [0.1, 0.15) is 0 Å². The molecule has 1 aromatic heterocycles. The van der Waals surface area contributed by atoms with Crippen molar-refractivity contribution in [1.82, 2.24) is 15.1 Å². The number of piperazine rings is 1. The molecule has 6 heteroatoms. The number of hydrogen-bond acceptors (Lipinski definition) is 3. The topological polar surface area (TPSA) is 61.1 Å². The fraction of sp³-hybridized carbons (Fsp3) is 0.455. The first-order valence-corrected chi connectivity index (χ1v) is 10.0. The summed E-state index contributed by atoms with van der Waals surface area (Å²) in [5.74, 6) is 1.31. The Morgan fingerprint density at radius 2 is 1.79 bits per heavy atom. The molecule has 4 rings (SSSR count). The first kappa shape index (κ1) is 18.6. The van der Waals surface area contributed by atoms with Gasteiger partial charge >= 0.3 is 0 Å². The first-order chi connectivity index (χ1) is 13.7. The number of benzene rings is 1. The predicted octanol–water partition coefficient (Wildman–Crippen LogP) is 2.64. The summed E-state index contributed by atoms with van der Waals surface area (Å²) in [5.41, 5.74) is 1.76. The van der Waals surface area contributed by atoms with Crippen LogP contribution in [-0.2, 0) is 6.42 Å². The Kier molecular flexibility index (Phi) is 5.37. The minimum atomic E-state index is -0.0348. The first-order valence-electron chi connectivity index (χ1n) is 10.0. The molecule has 28 heavy (non-hydrogen) atoms. The number of nitrogens with zero attached hydrogens (tertiary/aromatic N) is 3. The van der Waals surface area contributed by atoms with Crippen LogP contribution < -0.4 is 5.32 Å². The van der Waals surface area contributed by atoms with Gasteiger partial charge in [-0.1, -0.05) is 30.3 Å². The van der Waals surface area contributed by atoms with E-state index in [1.54, 1.807) is 18.4 Å². The van der Waals surface area contributed by atoms with E-state index in [-0.39, 0.29) is 5.91 Å². The minimum Gasteiger partial charge on any atom is -0.459 e. The maximum absolute atomic E-state index is 12.4. The molecule has 2 aliphatic rings. The lowest BCUT2D eigenvalue weighted by Crippen LogP contribution is -2.54. The van der Waals surface area contributed by atoms with Crippen molar-refractivity contribution in [2.45, 2.75) is 19.3 Å². The van der Waals surface area contributed by atoms with E-state index in [0.717, 1.165) is 32.0 Å². The van der Waals surface area contributed by atoms with Crippen LogP contribution in [0.2, 0.25) is 0 Å². The van der Waals surface area contributed by atoms with Crippen LogP contribution in [0, 0.1) is 5.41 Å². The summed E-state index contributed by atoms with van der Waals surface area (Å²) >= 11 is 0. The fourth-order valence-electron chi connectivity index (χ4n) is 3.90. The molecule has 2 heterocycles. The summed E-state index contributed by atoms with van der Waals surface area (Å²) in [6.45, 7) is 3.85. The van der Waals surface area contributed by atoms with Gasteiger partial charge in [-0.25, -0.2) is 0 Å². The third-order valence-electron chi connectivity index (χ3n) is 5.81. The number of furan rings is 1. The van der Waals surface area contributed by atoms with Crippen molar-refractivity contribution in [3.63, 3.8) is 0 Å². The van der Waals surface area contributed by atoms with Crippen LogP contribution in [0.1, 0.15) is 29.0 Å². The lowest BCUT2D eigenvalue weighted by molar-refractivity contribution is 0.0657. The van der Waals surface area contributed by atoms with Gasteiger partial charge in [-0.3, -0.25) is 9.79 Å². The molecule has 1 N–H and O–H groups in total. The second-order valence-electron chi connectivity index (χ2n) is 7.82. The molecule has 1 aromatic carbocycles. The van der Waals surface area contributed by atoms with Crippen molar-refractivity contribution in [1.29, 1.82) is 0 Å². The molecule has 1 amide bonds. The summed E-state index contributed by atoms with van der Waals surface area (Å²) in [4.78, 5) is 21.0. The smallest absolute Gasteiger partial charge is 0.289 e. The summed E-state index contributed by atoms with van der Waals surface area (Å²) in [6, 6.07) is 14.2. The molecule has 2 fully saturated rings. The normalized spacial score (nSPS) is 18.8. The highest BCUT2D eigenvalue weighted by atomic mass is 16.3. The average molecular weight is 380 g/mol. The lowest BCUT2D eigenvalue weighted by atomic mass is 9.96. The van der Waals surface area contributed by atoms with E-state index in [9.17, 15) is 4.79 Å². The predicted molar refractivity (Wildman–Crippen MR) is 109 cm³/mol. The highest BCUT2D eigenvalue weighted by Crippen LogP contribution is 2.47. The van der Waals surface area contributed by atoms with Gasteiger partial charge in [0.05, 0.1) is 6.26 Å². The number of amides is 1. The highest BCUT2D eigenvalue weighted by Gasteiger charge is 2.42. The van der Waals surface area contributed by atoms with Crippen LogP contribution in [-0.4, -0.2) is 61.4 Å². The Morgan fingerprint density at radius 3 is 2.39 bits per heavy atom. The van der Waals surface area contributed by atoms with Gasteiger partial charge in [0.15, 0.2) is 11.7 Å². The van der Waals surface area contributed by atoms with Crippen LogP contribution in [0.3, 0.4) is 0 Å². The van der Waals surface area contributed by atoms with Crippen LogP contribution in [0.4, 0.5) is 0 Å². The zero-order valence-electron chi connectivity index (χ0n) is 16.4. The number of aliphatic imine (C=N–C) groups is 1. The maximum atomic E-state index is 12.4. The molecule has 0 unspecified atom stereocenters. The van der Waals surface area contributed by atoms with Crippen LogP contribution >= 0.6 is 0 Å². The zero-order chi connectivity index (χ0) is 19.4. The van der Waals surface area contributed by atoms with E-state index < -0.39 is 0 Å². The summed E-state index contributed by atoms with van der Waals surface area (Å²) in [7, 11) is 1.83.